The van der Waals surface area contributed by atoms with Gasteiger partial charge in [-0.05, 0) is 66.9 Å². The van der Waals surface area contributed by atoms with E-state index in [-0.39, 0.29) is 15.8 Å². The van der Waals surface area contributed by atoms with E-state index in [9.17, 15) is 0 Å². The summed E-state index contributed by atoms with van der Waals surface area (Å²) in [7, 11) is 0.228. The van der Waals surface area contributed by atoms with Gasteiger partial charge in [0.1, 0.15) is 0 Å². The second-order valence-electron chi connectivity index (χ2n) is 10.7. The maximum atomic E-state index is 3.02. The van der Waals surface area contributed by atoms with Crippen molar-refractivity contribution in [2.75, 3.05) is 24.9 Å². The zero-order valence-corrected chi connectivity index (χ0v) is 22.2. The molecule has 2 atom stereocenters. The molecule has 33 heavy (non-hydrogen) atoms. The van der Waals surface area contributed by atoms with E-state index < -0.39 is 0 Å². The summed E-state index contributed by atoms with van der Waals surface area (Å²) in [6, 6.07) is 23.4. The van der Waals surface area contributed by atoms with Crippen LogP contribution in [0.5, 0.6) is 0 Å². The predicted molar refractivity (Wildman–Crippen MR) is 148 cm³/mol. The SMILES string of the molecule is c1ccc(C(c2ccccc2)N2CP(C3CCCCC3)CCCP(C3CCCCC3)C2)cc1. The Balaban J connectivity index is 1.47. The van der Waals surface area contributed by atoms with Gasteiger partial charge in [0.2, 0.25) is 0 Å². The highest BCUT2D eigenvalue weighted by atomic mass is 31.1. The molecule has 1 nitrogen and oxygen atoms in total. The molecule has 2 aliphatic carbocycles. The molecular formula is C30H43NP2. The zero-order chi connectivity index (χ0) is 22.3. The molecule has 0 N–H and O–H groups in total. The molecule has 1 heterocycles. The zero-order valence-electron chi connectivity index (χ0n) is 20.5. The first-order valence-corrected chi connectivity index (χ1v) is 17.3. The van der Waals surface area contributed by atoms with Crippen molar-refractivity contribution in [3.8, 4) is 0 Å². The van der Waals surface area contributed by atoms with Gasteiger partial charge in [-0.15, -0.1) is 0 Å². The van der Waals surface area contributed by atoms with E-state index in [1.165, 1.54) is 94.3 Å². The van der Waals surface area contributed by atoms with E-state index in [2.05, 4.69) is 65.6 Å². The van der Waals surface area contributed by atoms with E-state index in [1.807, 2.05) is 0 Å². The molecular weight excluding hydrogens is 436 g/mol. The third kappa shape index (κ3) is 6.28. The van der Waals surface area contributed by atoms with Gasteiger partial charge in [-0.25, -0.2) is 0 Å². The second-order valence-corrected chi connectivity index (χ2v) is 15.9. The van der Waals surface area contributed by atoms with Gasteiger partial charge in [-0.1, -0.05) is 115 Å². The molecule has 2 unspecified atom stereocenters. The summed E-state index contributed by atoms with van der Waals surface area (Å²) in [5.74, 6) is 0. The fourth-order valence-corrected chi connectivity index (χ4v) is 13.3. The number of hydrogen-bond acceptors (Lipinski definition) is 1. The quantitative estimate of drug-likeness (QED) is 0.387. The second kappa shape index (κ2) is 12.3. The van der Waals surface area contributed by atoms with Crippen molar-refractivity contribution < 1.29 is 0 Å². The number of nitrogens with zero attached hydrogens (tertiary/aromatic N) is 1. The highest BCUT2D eigenvalue weighted by Crippen LogP contribution is 2.57. The molecule has 2 saturated carbocycles. The lowest BCUT2D eigenvalue weighted by molar-refractivity contribution is 0.304. The third-order valence-electron chi connectivity index (χ3n) is 8.40. The predicted octanol–water partition coefficient (Wildman–Crippen LogP) is 9.03. The molecule has 5 rings (SSSR count). The number of hydrogen-bond donors (Lipinski definition) is 0. The van der Waals surface area contributed by atoms with Crippen LogP contribution in [-0.4, -0.2) is 41.1 Å². The lowest BCUT2D eigenvalue weighted by Crippen LogP contribution is -2.35. The van der Waals surface area contributed by atoms with Crippen LogP contribution in [0.25, 0.3) is 0 Å². The van der Waals surface area contributed by atoms with Crippen LogP contribution in [0.4, 0.5) is 0 Å². The maximum absolute atomic E-state index is 3.02. The van der Waals surface area contributed by atoms with Crippen LogP contribution >= 0.6 is 15.8 Å². The van der Waals surface area contributed by atoms with Crippen molar-refractivity contribution >= 4 is 15.8 Å². The van der Waals surface area contributed by atoms with Crippen molar-refractivity contribution in [1.82, 2.24) is 4.90 Å². The average Bonchev–Trinajstić information content (AvgIpc) is 2.88. The Hall–Kier alpha value is -0.740. The summed E-state index contributed by atoms with van der Waals surface area (Å²) < 4.78 is 0. The molecule has 178 valence electrons. The van der Waals surface area contributed by atoms with Crippen LogP contribution in [0.3, 0.4) is 0 Å². The van der Waals surface area contributed by atoms with Crippen LogP contribution in [0.2, 0.25) is 0 Å². The van der Waals surface area contributed by atoms with Crippen molar-refractivity contribution in [3.05, 3.63) is 71.8 Å². The first kappa shape index (κ1) is 24.0. The van der Waals surface area contributed by atoms with Gasteiger partial charge in [-0.3, -0.25) is 4.90 Å². The first-order chi connectivity index (χ1) is 16.4. The Morgan fingerprint density at radius 1 is 0.545 bits per heavy atom. The van der Waals surface area contributed by atoms with Crippen molar-refractivity contribution in [1.29, 1.82) is 0 Å². The van der Waals surface area contributed by atoms with Gasteiger partial charge in [0.05, 0.1) is 6.04 Å². The van der Waals surface area contributed by atoms with Gasteiger partial charge in [0, 0.05) is 12.6 Å². The maximum Gasteiger partial charge on any atom is 0.0608 e. The minimum Gasteiger partial charge on any atom is -0.284 e. The van der Waals surface area contributed by atoms with Gasteiger partial charge >= 0.3 is 0 Å². The van der Waals surface area contributed by atoms with Crippen LogP contribution in [0.15, 0.2) is 60.7 Å². The van der Waals surface area contributed by atoms with E-state index in [0.717, 1.165) is 11.3 Å². The van der Waals surface area contributed by atoms with Gasteiger partial charge in [0.15, 0.2) is 0 Å². The monoisotopic (exact) mass is 479 g/mol. The summed E-state index contributed by atoms with van der Waals surface area (Å²) in [5.41, 5.74) is 5.06. The van der Waals surface area contributed by atoms with Crippen LogP contribution in [0.1, 0.15) is 87.8 Å². The molecule has 2 aromatic rings. The Morgan fingerprint density at radius 3 is 1.39 bits per heavy atom. The van der Waals surface area contributed by atoms with Gasteiger partial charge in [-0.2, -0.15) is 0 Å². The summed E-state index contributed by atoms with van der Waals surface area (Å²) in [6.45, 7) is 0. The highest BCUT2D eigenvalue weighted by molar-refractivity contribution is 7.60. The summed E-state index contributed by atoms with van der Waals surface area (Å²) in [5, 5.41) is 0. The fourth-order valence-electron chi connectivity index (χ4n) is 6.67. The largest absolute Gasteiger partial charge is 0.284 e. The number of benzene rings is 2. The molecule has 1 aliphatic heterocycles. The van der Waals surface area contributed by atoms with Gasteiger partial charge in [0.25, 0.3) is 0 Å². The molecule has 0 radical (unpaired) electrons. The highest BCUT2D eigenvalue weighted by Gasteiger charge is 2.34. The Labute approximate surface area is 205 Å². The molecule has 0 bridgehead atoms. The van der Waals surface area contributed by atoms with Crippen LogP contribution < -0.4 is 0 Å². The van der Waals surface area contributed by atoms with E-state index in [1.54, 1.807) is 12.3 Å². The molecule has 3 aliphatic rings. The lowest BCUT2D eigenvalue weighted by Gasteiger charge is -2.44. The molecule has 0 amide bonds. The Kier molecular flexibility index (Phi) is 8.93. The Morgan fingerprint density at radius 2 is 0.970 bits per heavy atom. The molecule has 1 saturated heterocycles. The summed E-state index contributed by atoms with van der Waals surface area (Å²) in [4.78, 5) is 3.02. The van der Waals surface area contributed by atoms with Crippen LogP contribution in [-0.2, 0) is 0 Å². The minimum absolute atomic E-state index is 0.114. The van der Waals surface area contributed by atoms with Crippen LogP contribution in [0, 0.1) is 0 Å². The van der Waals surface area contributed by atoms with Crippen molar-refractivity contribution in [3.63, 3.8) is 0 Å². The molecule has 3 fully saturated rings. The topological polar surface area (TPSA) is 3.24 Å². The van der Waals surface area contributed by atoms with Crippen molar-refractivity contribution in [2.45, 2.75) is 88.0 Å². The number of rotatable bonds is 5. The standard InChI is InChI=1S/C30H43NP2/c1-5-14-26(15-6-1)30(27-16-7-2-8-17-27)31-24-32(28-18-9-3-10-19-28)22-13-23-33(25-31)29-20-11-4-12-21-29/h1-2,5-8,14-17,28-30H,3-4,9-13,18-25H2. The van der Waals surface area contributed by atoms with Gasteiger partial charge < -0.3 is 0 Å². The molecule has 2 aromatic carbocycles. The van der Waals surface area contributed by atoms with E-state index in [4.69, 9.17) is 0 Å². The van der Waals surface area contributed by atoms with E-state index >= 15 is 0 Å². The third-order valence-corrected chi connectivity index (χ3v) is 14.7. The lowest BCUT2D eigenvalue weighted by atomic mass is 9.98. The molecule has 3 heteroatoms. The van der Waals surface area contributed by atoms with E-state index in [0.29, 0.717) is 6.04 Å². The first-order valence-electron chi connectivity index (χ1n) is 13.7. The normalized spacial score (nSPS) is 26.7. The molecule has 0 spiro atoms. The summed E-state index contributed by atoms with van der Waals surface area (Å²) in [6.07, 6.45) is 22.3. The van der Waals surface area contributed by atoms with Crippen molar-refractivity contribution in [2.24, 2.45) is 0 Å². The fraction of sp³-hybridized carbons (Fsp3) is 0.600. The molecule has 0 aromatic heterocycles. The Bertz CT molecular complexity index is 746. The average molecular weight is 480 g/mol. The minimum atomic E-state index is 0.114. The summed E-state index contributed by atoms with van der Waals surface area (Å²) >= 11 is 0. The smallest absolute Gasteiger partial charge is 0.0608 e.